The van der Waals surface area contributed by atoms with Gasteiger partial charge in [-0.05, 0) is 156 Å². The Kier molecular flexibility index (Phi) is 7.12. The van der Waals surface area contributed by atoms with Crippen molar-refractivity contribution in [2.75, 3.05) is 0 Å². The second kappa shape index (κ2) is 12.8. The second-order valence-corrected chi connectivity index (χ2v) is 20.6. The zero-order valence-corrected chi connectivity index (χ0v) is 38.1. The van der Waals surface area contributed by atoms with Gasteiger partial charge >= 0.3 is 0 Å². The molecule has 1 spiro atoms. The van der Waals surface area contributed by atoms with E-state index in [0.29, 0.717) is 0 Å². The molecule has 0 nitrogen and oxygen atoms in total. The summed E-state index contributed by atoms with van der Waals surface area (Å²) in [5, 5.41) is 7.81. The second-order valence-electron chi connectivity index (χ2n) is 20.6. The lowest BCUT2D eigenvalue weighted by atomic mass is 9.70. The summed E-state index contributed by atoms with van der Waals surface area (Å²) < 4.78 is 0. The predicted octanol–water partition coefficient (Wildman–Crippen LogP) is 17.4. The maximum atomic E-state index is 2.59. The molecular formula is C67H46. The molecule has 0 N–H and O–H groups in total. The lowest BCUT2D eigenvalue weighted by Crippen LogP contribution is -2.25. The summed E-state index contributed by atoms with van der Waals surface area (Å²) in [6.45, 7) is 9.70. The van der Waals surface area contributed by atoms with Gasteiger partial charge in [0, 0.05) is 10.8 Å². The highest BCUT2D eigenvalue weighted by molar-refractivity contribution is 6.26. The molecule has 4 aliphatic carbocycles. The minimum absolute atomic E-state index is 0.115. The average Bonchev–Trinajstić information content (AvgIpc) is 4.00. The zero-order chi connectivity index (χ0) is 44.6. The van der Waals surface area contributed by atoms with Crippen LogP contribution < -0.4 is 0 Å². The minimum atomic E-state index is -0.415. The van der Waals surface area contributed by atoms with Gasteiger partial charge in [-0.2, -0.15) is 0 Å². The number of hydrogen-bond donors (Lipinski definition) is 0. The highest BCUT2D eigenvalue weighted by Crippen LogP contribution is 2.64. The smallest absolute Gasteiger partial charge is 0.0619 e. The van der Waals surface area contributed by atoms with Gasteiger partial charge in [0.15, 0.2) is 0 Å². The Hall–Kier alpha value is -7.80. The molecule has 0 saturated carbocycles. The molecule has 0 fully saturated rings. The fourth-order valence-corrected chi connectivity index (χ4v) is 14.1. The summed E-state index contributed by atoms with van der Waals surface area (Å²) in [6, 6.07) is 79.2. The van der Waals surface area contributed by atoms with Crippen molar-refractivity contribution in [2.45, 2.75) is 43.9 Å². The van der Waals surface area contributed by atoms with Crippen molar-refractivity contribution in [3.05, 3.63) is 251 Å². The van der Waals surface area contributed by atoms with Gasteiger partial charge in [-0.15, -0.1) is 0 Å². The van der Waals surface area contributed by atoms with E-state index in [1.54, 1.807) is 0 Å². The van der Waals surface area contributed by atoms with Crippen LogP contribution in [0.4, 0.5) is 0 Å². The van der Waals surface area contributed by atoms with Crippen LogP contribution in [0.1, 0.15) is 72.2 Å². The minimum Gasteiger partial charge on any atom is -0.0619 e. The third-order valence-corrected chi connectivity index (χ3v) is 16.9. The van der Waals surface area contributed by atoms with Gasteiger partial charge in [0.1, 0.15) is 0 Å². The topological polar surface area (TPSA) is 0 Å². The van der Waals surface area contributed by atoms with Gasteiger partial charge in [-0.3, -0.25) is 0 Å². The van der Waals surface area contributed by atoms with E-state index in [2.05, 4.69) is 234 Å². The first-order valence-electron chi connectivity index (χ1n) is 24.0. The third kappa shape index (κ3) is 4.45. The molecule has 0 unspecified atom stereocenters. The maximum Gasteiger partial charge on any atom is 0.0725 e. The fraction of sp³-hybridized carbons (Fsp3) is 0.104. The highest BCUT2D eigenvalue weighted by Gasteiger charge is 2.51. The molecule has 314 valence electrons. The Morgan fingerprint density at radius 2 is 0.642 bits per heavy atom. The molecule has 0 amide bonds. The average molecular weight is 851 g/mol. The van der Waals surface area contributed by atoms with Crippen molar-refractivity contribution in [3.63, 3.8) is 0 Å². The molecule has 4 aliphatic rings. The molecule has 0 aromatic heterocycles. The molecule has 0 heterocycles. The van der Waals surface area contributed by atoms with E-state index < -0.39 is 5.41 Å². The summed E-state index contributed by atoms with van der Waals surface area (Å²) in [7, 11) is 0. The molecule has 0 bridgehead atoms. The van der Waals surface area contributed by atoms with Crippen molar-refractivity contribution in [1.29, 1.82) is 0 Å². The lowest BCUT2D eigenvalue weighted by Gasteiger charge is -2.31. The first-order chi connectivity index (χ1) is 32.8. The zero-order valence-electron chi connectivity index (χ0n) is 38.1. The van der Waals surface area contributed by atoms with Crippen LogP contribution in [0.25, 0.3) is 99.1 Å². The van der Waals surface area contributed by atoms with E-state index in [1.807, 2.05) is 0 Å². The molecule has 0 atom stereocenters. The first-order valence-corrected chi connectivity index (χ1v) is 24.0. The Morgan fingerprint density at radius 3 is 1.16 bits per heavy atom. The SMILES string of the molecule is CC1(C)c2ccccc2-c2c1ccc1c(-c3c4ccccc4c(-c4ccc5c(c4)C4(c6ccccc6-c6ccccc64)c4ccccc4-5)c4ccccc34)cc3c(c21)-c1ccccc1C3(C)C. The molecule has 11 aromatic carbocycles. The molecule has 0 saturated heterocycles. The third-order valence-electron chi connectivity index (χ3n) is 16.9. The van der Waals surface area contributed by atoms with Crippen LogP contribution in [-0.2, 0) is 16.2 Å². The Bertz CT molecular complexity index is 3900. The fourth-order valence-electron chi connectivity index (χ4n) is 14.1. The van der Waals surface area contributed by atoms with Gasteiger partial charge < -0.3 is 0 Å². The van der Waals surface area contributed by atoms with Crippen molar-refractivity contribution in [2.24, 2.45) is 0 Å². The predicted molar refractivity (Wildman–Crippen MR) is 281 cm³/mol. The first kappa shape index (κ1) is 37.4. The summed E-state index contributed by atoms with van der Waals surface area (Å²) in [6.07, 6.45) is 0. The van der Waals surface area contributed by atoms with Crippen LogP contribution in [0.5, 0.6) is 0 Å². The normalized spacial score (nSPS) is 15.5. The van der Waals surface area contributed by atoms with E-state index >= 15 is 0 Å². The number of rotatable bonds is 2. The number of benzene rings is 11. The molecule has 15 rings (SSSR count). The summed E-state index contributed by atoms with van der Waals surface area (Å²) in [5.41, 5.74) is 26.4. The summed E-state index contributed by atoms with van der Waals surface area (Å²) in [5.74, 6) is 0. The molecule has 0 heteroatoms. The van der Waals surface area contributed by atoms with Crippen LogP contribution in [0, 0.1) is 0 Å². The Balaban J connectivity index is 1.05. The van der Waals surface area contributed by atoms with E-state index in [-0.39, 0.29) is 10.8 Å². The van der Waals surface area contributed by atoms with Gasteiger partial charge in [-0.1, -0.05) is 222 Å². The lowest BCUT2D eigenvalue weighted by molar-refractivity contribution is 0.660. The Labute approximate surface area is 391 Å². The molecule has 67 heavy (non-hydrogen) atoms. The van der Waals surface area contributed by atoms with Crippen LogP contribution in [0.3, 0.4) is 0 Å². The standard InChI is InChI=1S/C67H46/c1-65(2)52-28-14-12-26-49(52)62-57(65)36-35-48-51(38-59-63(64(48)62)50-27-13-15-29-53(50)66(59,3)4)61-46-24-7-5-22-44(46)60(45-23-6-8-25-47(45)61)39-33-34-43-42-21-11-18-32-56(42)67(58(43)37-39)54-30-16-9-19-40(54)41-20-10-17-31-55(41)67/h5-38H,1-4H3. The van der Waals surface area contributed by atoms with Crippen LogP contribution >= 0.6 is 0 Å². The van der Waals surface area contributed by atoms with Gasteiger partial charge in [-0.25, -0.2) is 0 Å². The summed E-state index contributed by atoms with van der Waals surface area (Å²) >= 11 is 0. The van der Waals surface area contributed by atoms with E-state index in [0.717, 1.165) is 0 Å². The maximum absolute atomic E-state index is 2.59. The summed E-state index contributed by atoms with van der Waals surface area (Å²) in [4.78, 5) is 0. The highest BCUT2D eigenvalue weighted by atomic mass is 14.5. The van der Waals surface area contributed by atoms with E-state index in [1.165, 1.54) is 144 Å². The molecular weight excluding hydrogens is 805 g/mol. The van der Waals surface area contributed by atoms with Crippen molar-refractivity contribution in [1.82, 2.24) is 0 Å². The van der Waals surface area contributed by atoms with Crippen LogP contribution in [0.2, 0.25) is 0 Å². The van der Waals surface area contributed by atoms with Gasteiger partial charge in [0.05, 0.1) is 5.41 Å². The number of hydrogen-bond acceptors (Lipinski definition) is 0. The van der Waals surface area contributed by atoms with E-state index in [9.17, 15) is 0 Å². The van der Waals surface area contributed by atoms with Crippen molar-refractivity contribution in [3.8, 4) is 66.8 Å². The molecule has 0 aliphatic heterocycles. The van der Waals surface area contributed by atoms with Crippen LogP contribution in [0.15, 0.2) is 206 Å². The van der Waals surface area contributed by atoms with Gasteiger partial charge in [0.2, 0.25) is 0 Å². The quantitative estimate of drug-likeness (QED) is 0.152. The van der Waals surface area contributed by atoms with Gasteiger partial charge in [0.25, 0.3) is 0 Å². The molecule has 11 aromatic rings. The number of fused-ring (bicyclic) bond motifs is 21. The Morgan fingerprint density at radius 1 is 0.239 bits per heavy atom. The van der Waals surface area contributed by atoms with E-state index in [4.69, 9.17) is 0 Å². The molecule has 0 radical (unpaired) electrons. The monoisotopic (exact) mass is 850 g/mol. The van der Waals surface area contributed by atoms with Crippen molar-refractivity contribution >= 4 is 32.3 Å². The largest absolute Gasteiger partial charge is 0.0725 e. The van der Waals surface area contributed by atoms with Crippen molar-refractivity contribution < 1.29 is 0 Å². The van der Waals surface area contributed by atoms with Crippen LogP contribution in [-0.4, -0.2) is 0 Å².